The Kier molecular flexibility index (Phi) is 6.04. The van der Waals surface area contributed by atoms with Gasteiger partial charge in [0.25, 0.3) is 0 Å². The highest BCUT2D eigenvalue weighted by Crippen LogP contribution is 2.19. The first-order valence-corrected chi connectivity index (χ1v) is 7.92. The van der Waals surface area contributed by atoms with Gasteiger partial charge in [0.05, 0.1) is 12.4 Å². The van der Waals surface area contributed by atoms with E-state index in [4.69, 9.17) is 10.5 Å². The molecule has 2 atom stereocenters. The molecule has 106 valence electrons. The fourth-order valence-electron chi connectivity index (χ4n) is 2.04. The van der Waals surface area contributed by atoms with Crippen molar-refractivity contribution in [2.75, 3.05) is 26.0 Å². The van der Waals surface area contributed by atoms with Crippen molar-refractivity contribution in [3.05, 3.63) is 0 Å². The third-order valence-electron chi connectivity index (χ3n) is 3.07. The predicted octanol–water partition coefficient (Wildman–Crippen LogP) is -0.566. The number of carbonyl (C=O) groups excluding carboxylic acids is 1. The van der Waals surface area contributed by atoms with Gasteiger partial charge < -0.3 is 15.8 Å². The van der Waals surface area contributed by atoms with E-state index in [-0.39, 0.29) is 17.7 Å². The van der Waals surface area contributed by atoms with Crippen LogP contribution in [-0.2, 0) is 19.4 Å². The SMILES string of the molecule is COCC(N)CCNC(=O)C1CCCCS1(=O)=O. The van der Waals surface area contributed by atoms with Gasteiger partial charge in [-0.1, -0.05) is 6.42 Å². The predicted molar refractivity (Wildman–Crippen MR) is 68.9 cm³/mol. The number of hydrogen-bond donors (Lipinski definition) is 2. The van der Waals surface area contributed by atoms with Gasteiger partial charge in [-0.25, -0.2) is 8.42 Å². The van der Waals surface area contributed by atoms with E-state index >= 15 is 0 Å². The van der Waals surface area contributed by atoms with E-state index in [2.05, 4.69) is 5.32 Å². The molecule has 7 heteroatoms. The minimum absolute atomic E-state index is 0.119. The molecule has 0 saturated carbocycles. The lowest BCUT2D eigenvalue weighted by Gasteiger charge is -2.21. The Morgan fingerprint density at radius 1 is 1.50 bits per heavy atom. The van der Waals surface area contributed by atoms with E-state index in [0.717, 1.165) is 6.42 Å². The average Bonchev–Trinajstić information content (AvgIpc) is 2.28. The second kappa shape index (κ2) is 7.06. The molecule has 2 unspecified atom stereocenters. The highest BCUT2D eigenvalue weighted by Gasteiger charge is 2.34. The lowest BCUT2D eigenvalue weighted by Crippen LogP contribution is -2.44. The second-order valence-corrected chi connectivity index (χ2v) is 6.95. The first-order valence-electron chi connectivity index (χ1n) is 6.21. The van der Waals surface area contributed by atoms with Crippen molar-refractivity contribution in [2.45, 2.75) is 37.0 Å². The number of rotatable bonds is 6. The largest absolute Gasteiger partial charge is 0.383 e. The molecule has 1 amide bonds. The monoisotopic (exact) mass is 278 g/mol. The molecule has 1 saturated heterocycles. The van der Waals surface area contributed by atoms with E-state index < -0.39 is 15.1 Å². The third kappa shape index (κ3) is 4.55. The van der Waals surface area contributed by atoms with Crippen LogP contribution in [0.3, 0.4) is 0 Å². The molecule has 1 aliphatic rings. The summed E-state index contributed by atoms with van der Waals surface area (Å²) >= 11 is 0. The van der Waals surface area contributed by atoms with Gasteiger partial charge in [0.1, 0.15) is 5.25 Å². The second-order valence-electron chi connectivity index (χ2n) is 4.65. The summed E-state index contributed by atoms with van der Waals surface area (Å²) < 4.78 is 28.3. The van der Waals surface area contributed by atoms with Crippen LogP contribution < -0.4 is 11.1 Å². The van der Waals surface area contributed by atoms with Gasteiger partial charge in [0, 0.05) is 19.7 Å². The van der Waals surface area contributed by atoms with Crippen LogP contribution >= 0.6 is 0 Å². The van der Waals surface area contributed by atoms with Crippen LogP contribution in [0.25, 0.3) is 0 Å². The molecular weight excluding hydrogens is 256 g/mol. The zero-order chi connectivity index (χ0) is 13.6. The molecular formula is C11H22N2O4S. The molecule has 0 radical (unpaired) electrons. The Hall–Kier alpha value is -0.660. The molecule has 3 N–H and O–H groups in total. The third-order valence-corrected chi connectivity index (χ3v) is 5.24. The summed E-state index contributed by atoms with van der Waals surface area (Å²) in [5, 5.41) is 1.77. The van der Waals surface area contributed by atoms with Gasteiger partial charge in [-0.2, -0.15) is 0 Å². The van der Waals surface area contributed by atoms with Crippen molar-refractivity contribution >= 4 is 15.7 Å². The number of hydrogen-bond acceptors (Lipinski definition) is 5. The van der Waals surface area contributed by atoms with Gasteiger partial charge in [-0.3, -0.25) is 4.79 Å². The van der Waals surface area contributed by atoms with Crippen LogP contribution in [0, 0.1) is 0 Å². The van der Waals surface area contributed by atoms with Crippen LogP contribution in [-0.4, -0.2) is 51.6 Å². The average molecular weight is 278 g/mol. The molecule has 1 aliphatic heterocycles. The van der Waals surface area contributed by atoms with Crippen LogP contribution in [0.5, 0.6) is 0 Å². The van der Waals surface area contributed by atoms with E-state index in [1.54, 1.807) is 7.11 Å². The standard InChI is InChI=1S/C11H22N2O4S/c1-17-8-9(12)5-6-13-11(14)10-4-2-3-7-18(10,15)16/h9-10H,2-8,12H2,1H3,(H,13,14). The number of carbonyl (C=O) groups is 1. The van der Waals surface area contributed by atoms with Crippen molar-refractivity contribution in [3.8, 4) is 0 Å². The minimum Gasteiger partial charge on any atom is -0.383 e. The van der Waals surface area contributed by atoms with Gasteiger partial charge in [-0.05, 0) is 19.3 Å². The highest BCUT2D eigenvalue weighted by atomic mass is 32.2. The van der Waals surface area contributed by atoms with Gasteiger partial charge in [-0.15, -0.1) is 0 Å². The minimum atomic E-state index is -3.25. The number of nitrogens with one attached hydrogen (secondary N) is 1. The summed E-state index contributed by atoms with van der Waals surface area (Å²) in [6.45, 7) is 0.812. The lowest BCUT2D eigenvalue weighted by molar-refractivity contribution is -0.120. The molecule has 6 nitrogen and oxygen atoms in total. The summed E-state index contributed by atoms with van der Waals surface area (Å²) in [4.78, 5) is 11.8. The molecule has 18 heavy (non-hydrogen) atoms. The van der Waals surface area contributed by atoms with E-state index in [9.17, 15) is 13.2 Å². The fraction of sp³-hybridized carbons (Fsp3) is 0.909. The van der Waals surface area contributed by atoms with E-state index in [1.165, 1.54) is 0 Å². The normalized spacial score (nSPS) is 24.4. The molecule has 1 heterocycles. The molecule has 0 aromatic rings. The van der Waals surface area contributed by atoms with Crippen molar-refractivity contribution in [3.63, 3.8) is 0 Å². The first-order chi connectivity index (χ1) is 8.47. The van der Waals surface area contributed by atoms with Crippen LogP contribution in [0.15, 0.2) is 0 Å². The molecule has 0 spiro atoms. The Labute approximate surface area is 108 Å². The summed E-state index contributed by atoms with van der Waals surface area (Å²) in [5.74, 6) is -0.270. The Bertz CT molecular complexity index is 369. The summed E-state index contributed by atoms with van der Waals surface area (Å²) in [5.41, 5.74) is 5.71. The molecule has 0 aromatic heterocycles. The fourth-order valence-corrected chi connectivity index (χ4v) is 3.87. The lowest BCUT2D eigenvalue weighted by atomic mass is 10.1. The summed E-state index contributed by atoms with van der Waals surface area (Å²) in [7, 11) is -1.69. The number of ether oxygens (including phenoxy) is 1. The Morgan fingerprint density at radius 2 is 2.22 bits per heavy atom. The maximum Gasteiger partial charge on any atom is 0.238 e. The molecule has 1 fully saturated rings. The molecule has 1 rings (SSSR count). The quantitative estimate of drug-likeness (QED) is 0.678. The van der Waals surface area contributed by atoms with Gasteiger partial charge in [0.2, 0.25) is 5.91 Å². The van der Waals surface area contributed by atoms with Crippen molar-refractivity contribution in [1.82, 2.24) is 5.32 Å². The molecule has 0 aliphatic carbocycles. The zero-order valence-electron chi connectivity index (χ0n) is 10.7. The molecule has 0 aromatic carbocycles. The smallest absolute Gasteiger partial charge is 0.238 e. The van der Waals surface area contributed by atoms with E-state index in [1.807, 2.05) is 0 Å². The Balaban J connectivity index is 2.36. The van der Waals surface area contributed by atoms with Gasteiger partial charge in [0.15, 0.2) is 9.84 Å². The summed E-state index contributed by atoms with van der Waals surface area (Å²) in [6, 6.07) is -0.140. The van der Waals surface area contributed by atoms with Crippen LogP contribution in [0.2, 0.25) is 0 Å². The maximum atomic E-state index is 11.8. The molecule has 0 bridgehead atoms. The van der Waals surface area contributed by atoms with Crippen molar-refractivity contribution in [1.29, 1.82) is 0 Å². The zero-order valence-corrected chi connectivity index (χ0v) is 11.5. The van der Waals surface area contributed by atoms with Crippen molar-refractivity contribution in [2.24, 2.45) is 5.73 Å². The number of amides is 1. The number of methoxy groups -OCH3 is 1. The van der Waals surface area contributed by atoms with Crippen molar-refractivity contribution < 1.29 is 17.9 Å². The number of nitrogens with two attached hydrogens (primary N) is 1. The van der Waals surface area contributed by atoms with Crippen LogP contribution in [0.4, 0.5) is 0 Å². The Morgan fingerprint density at radius 3 is 2.83 bits per heavy atom. The van der Waals surface area contributed by atoms with E-state index in [0.29, 0.717) is 32.4 Å². The van der Waals surface area contributed by atoms with Crippen LogP contribution in [0.1, 0.15) is 25.7 Å². The first kappa shape index (κ1) is 15.4. The maximum absolute atomic E-state index is 11.8. The van der Waals surface area contributed by atoms with Gasteiger partial charge >= 0.3 is 0 Å². The number of sulfone groups is 1. The topological polar surface area (TPSA) is 98.5 Å². The summed E-state index contributed by atoms with van der Waals surface area (Å²) in [6.07, 6.45) is 2.45. The highest BCUT2D eigenvalue weighted by molar-refractivity contribution is 7.92.